The molecule has 7 aromatic carbocycles. The van der Waals surface area contributed by atoms with E-state index in [1.807, 2.05) is 91.0 Å². The largest absolute Gasteiger partial charge is 0.507 e. The maximum atomic E-state index is 12.3. The van der Waals surface area contributed by atoms with E-state index in [0.29, 0.717) is 58.3 Å². The molecule has 6 N–H and O–H groups in total. The molecule has 11 rings (SSSR count). The second-order valence-electron chi connectivity index (χ2n) is 15.7. The van der Waals surface area contributed by atoms with Crippen molar-refractivity contribution < 1.29 is 43.6 Å². The minimum atomic E-state index is -1.05. The number of ether oxygens (including phenoxy) is 3. The van der Waals surface area contributed by atoms with Crippen molar-refractivity contribution in [2.24, 2.45) is 0 Å². The number of carboxylic acids is 1. The summed E-state index contributed by atoms with van der Waals surface area (Å²) in [7, 11) is 4.39. The molecule has 2 amide bonds. The first kappa shape index (κ1) is 65.0. The van der Waals surface area contributed by atoms with Crippen LogP contribution >= 0.6 is 104 Å². The molecule has 0 unspecified atom stereocenters. The van der Waals surface area contributed by atoms with E-state index in [-0.39, 0.29) is 40.8 Å². The van der Waals surface area contributed by atoms with Gasteiger partial charge >= 0.3 is 5.97 Å². The molecular formula is C57H45Cl6N7O9S3. The minimum Gasteiger partial charge on any atom is -0.507 e. The highest BCUT2D eigenvalue weighted by Gasteiger charge is 2.17. The van der Waals surface area contributed by atoms with Gasteiger partial charge in [-0.25, -0.2) is 19.7 Å². The van der Waals surface area contributed by atoms with Crippen LogP contribution in [0.15, 0.2) is 176 Å². The summed E-state index contributed by atoms with van der Waals surface area (Å²) in [4.78, 5) is 62.4. The van der Waals surface area contributed by atoms with Gasteiger partial charge in [0.15, 0.2) is 15.4 Å². The normalized spacial score (nSPS) is 9.95. The van der Waals surface area contributed by atoms with Gasteiger partial charge in [-0.15, -0.1) is 12.4 Å². The fourth-order valence-corrected chi connectivity index (χ4v) is 9.90. The van der Waals surface area contributed by atoms with E-state index in [2.05, 4.69) is 30.6 Å². The number of nitrogens with zero attached hydrogens (tertiary/aromatic N) is 4. The Morgan fingerprint density at radius 2 is 0.866 bits per heavy atom. The lowest BCUT2D eigenvalue weighted by atomic mass is 10.2. The van der Waals surface area contributed by atoms with Gasteiger partial charge in [-0.05, 0) is 133 Å². The van der Waals surface area contributed by atoms with Crippen molar-refractivity contribution in [3.63, 3.8) is 0 Å². The lowest BCUT2D eigenvalue weighted by molar-refractivity contribution is 0.0692. The molecule has 25 heteroatoms. The van der Waals surface area contributed by atoms with E-state index in [1.165, 1.54) is 91.7 Å². The van der Waals surface area contributed by atoms with Crippen molar-refractivity contribution in [1.82, 2.24) is 19.9 Å². The van der Waals surface area contributed by atoms with Crippen LogP contribution in [-0.2, 0) is 0 Å². The minimum absolute atomic E-state index is 0. The van der Waals surface area contributed by atoms with Gasteiger partial charge in [0.1, 0.15) is 28.6 Å². The number of nitrogen functional groups attached to an aromatic ring is 1. The maximum Gasteiger partial charge on any atom is 0.339 e. The van der Waals surface area contributed by atoms with E-state index >= 15 is 0 Å². The van der Waals surface area contributed by atoms with Crippen molar-refractivity contribution in [2.45, 2.75) is 0 Å². The van der Waals surface area contributed by atoms with E-state index in [0.717, 1.165) is 30.6 Å². The third-order valence-corrected chi connectivity index (χ3v) is 14.2. The summed E-state index contributed by atoms with van der Waals surface area (Å²) < 4.78 is 18.1. The number of carbonyl (C=O) groups excluding carboxylic acids is 3. The number of carbonyl (C=O) groups is 4. The second-order valence-corrected chi connectivity index (χ2v) is 20.9. The molecule has 0 aliphatic heterocycles. The number of aromatic hydroxyl groups is 1. The number of halogens is 6. The molecule has 0 radical (unpaired) electrons. The quantitative estimate of drug-likeness (QED) is 0.0845. The van der Waals surface area contributed by atoms with Crippen molar-refractivity contribution in [3.8, 4) is 23.0 Å². The summed E-state index contributed by atoms with van der Waals surface area (Å²) in [6, 6.07) is 47.3. The summed E-state index contributed by atoms with van der Waals surface area (Å²) in [6.07, 6.45) is 3.50. The van der Waals surface area contributed by atoms with Gasteiger partial charge in [-0.2, -0.15) is 0 Å². The first-order valence-electron chi connectivity index (χ1n) is 23.2. The standard InChI is InChI=1S/C15H11ClN2O2S.C14H9ClN2O2S.C8H6Cl2O2.C8H7ClO3.C7H6N2S.C5H5N.ClH/c1-20-12-7-6-9(16)8-10(12)14(19)18-15-17-11-4-2-3-5-13(11)21-15;15-8-5-6-11(18)9(7-8)13(19)17-14-16-10-3-1-2-4-12(10)20-14;2*1-12-7-3-2-5(9)4-6(7)8(10)11;8-7-9-5-3-1-2-4-6(5)10-7;1-2-4-6-5-3-1;/h2-8H,1H3,(H,17,18,19);1-7,18H,(H,16,17,19);2-4H,1H3;2-4H,1H3,(H,10,11);1-4H,(H2,8,9);1-5H;1H. The Kier molecular flexibility index (Phi) is 25.8. The molecule has 4 heterocycles. The molecule has 0 spiro atoms. The number of methoxy groups -OCH3 is 3. The van der Waals surface area contributed by atoms with Crippen LogP contribution in [0.2, 0.25) is 20.1 Å². The highest BCUT2D eigenvalue weighted by atomic mass is 35.5. The molecule has 4 aromatic heterocycles. The zero-order valence-corrected chi connectivity index (χ0v) is 49.9. The SMILES string of the molecule is COc1ccc(Cl)cc1C(=O)Cl.COc1ccc(Cl)cc1C(=O)Nc1nc2ccccc2s1.COc1ccc(Cl)cc1C(=O)O.Cl.Nc1nc2ccccc2s1.O=C(Nc1nc2ccccc2s1)c1cc(Cl)ccc1O.c1ccncc1. The Bertz CT molecular complexity index is 3740. The number of nitrogens with one attached hydrogen (secondary N) is 2. The van der Waals surface area contributed by atoms with Crippen LogP contribution in [0.5, 0.6) is 23.0 Å². The Balaban J connectivity index is 0.000000187. The number of thiazole rings is 3. The van der Waals surface area contributed by atoms with E-state index in [4.69, 9.17) is 83.1 Å². The lowest BCUT2D eigenvalue weighted by Gasteiger charge is -2.08. The van der Waals surface area contributed by atoms with Crippen molar-refractivity contribution >= 4 is 173 Å². The van der Waals surface area contributed by atoms with Crippen LogP contribution in [0, 0.1) is 0 Å². The number of amides is 2. The first-order chi connectivity index (χ1) is 39.0. The van der Waals surface area contributed by atoms with E-state index in [1.54, 1.807) is 48.8 Å². The van der Waals surface area contributed by atoms with Crippen molar-refractivity contribution in [3.05, 3.63) is 219 Å². The number of hydrogen-bond acceptors (Lipinski definition) is 16. The average Bonchev–Trinajstić information content (AvgIpc) is 4.21. The number of nitrogens with two attached hydrogens (primary N) is 1. The summed E-state index contributed by atoms with van der Waals surface area (Å²) in [5.74, 6) is -0.691. The number of phenols is 1. The number of aromatic nitrogens is 4. The van der Waals surface area contributed by atoms with Gasteiger partial charge in [0.2, 0.25) is 0 Å². The average molecular weight is 1280 g/mol. The van der Waals surface area contributed by atoms with Crippen LogP contribution in [0.25, 0.3) is 30.6 Å². The molecule has 0 aliphatic carbocycles. The fraction of sp³-hybridized carbons (Fsp3) is 0.0526. The molecule has 0 aliphatic rings. The Hall–Kier alpha value is -7.82. The van der Waals surface area contributed by atoms with Crippen LogP contribution in [0.4, 0.5) is 15.4 Å². The second kappa shape index (κ2) is 32.6. The number of benzene rings is 7. The highest BCUT2D eigenvalue weighted by Crippen LogP contribution is 2.31. The molecule has 0 fully saturated rings. The molecule has 0 saturated carbocycles. The number of phenolic OH excluding ortho intramolecular Hbond substituents is 1. The van der Waals surface area contributed by atoms with Gasteiger partial charge in [0, 0.05) is 32.5 Å². The smallest absolute Gasteiger partial charge is 0.339 e. The summed E-state index contributed by atoms with van der Waals surface area (Å²) >= 11 is 32.6. The highest BCUT2D eigenvalue weighted by molar-refractivity contribution is 7.23. The molecule has 82 heavy (non-hydrogen) atoms. The first-order valence-corrected chi connectivity index (χ1v) is 27.5. The number of hydrogen-bond donors (Lipinski definition) is 5. The zero-order valence-electron chi connectivity index (χ0n) is 42.9. The van der Waals surface area contributed by atoms with Crippen LogP contribution in [-0.4, -0.2) is 74.5 Å². The summed E-state index contributed by atoms with van der Waals surface area (Å²) in [6.45, 7) is 0. The van der Waals surface area contributed by atoms with Crippen molar-refractivity contribution in [2.75, 3.05) is 37.7 Å². The Labute approximate surface area is 512 Å². The number of fused-ring (bicyclic) bond motifs is 3. The Morgan fingerprint density at radius 1 is 0.488 bits per heavy atom. The topological polar surface area (TPSA) is 238 Å². The third-order valence-electron chi connectivity index (χ3n) is 10.3. The van der Waals surface area contributed by atoms with Crippen molar-refractivity contribution in [1.29, 1.82) is 0 Å². The number of rotatable bonds is 9. The zero-order chi connectivity index (χ0) is 58.4. The third kappa shape index (κ3) is 19.4. The molecule has 422 valence electrons. The van der Waals surface area contributed by atoms with Gasteiger partial charge in [0.05, 0.1) is 68.7 Å². The fourth-order valence-electron chi connectivity index (χ4n) is 6.61. The number of pyridine rings is 1. The number of para-hydroxylation sites is 3. The molecule has 0 atom stereocenters. The summed E-state index contributed by atoms with van der Waals surface area (Å²) in [5.41, 5.74) is 9.03. The molecule has 0 saturated heterocycles. The maximum absolute atomic E-state index is 12.3. The predicted octanol–water partition coefficient (Wildman–Crippen LogP) is 16.3. The number of aromatic carboxylic acids is 1. The lowest BCUT2D eigenvalue weighted by Crippen LogP contribution is -2.13. The molecule has 11 aromatic rings. The summed E-state index contributed by atoms with van der Waals surface area (Å²) in [5, 5.41) is 26.6. The molecule has 0 bridgehead atoms. The molecular weight excluding hydrogens is 1240 g/mol. The van der Waals surface area contributed by atoms with Gasteiger partial charge in [-0.1, -0.05) is 123 Å². The van der Waals surface area contributed by atoms with E-state index in [9.17, 15) is 24.3 Å². The van der Waals surface area contributed by atoms with Crippen LogP contribution < -0.4 is 30.6 Å². The Morgan fingerprint density at radius 3 is 1.27 bits per heavy atom. The molecule has 16 nitrogen and oxygen atoms in total. The van der Waals surface area contributed by atoms with E-state index < -0.39 is 17.1 Å². The van der Waals surface area contributed by atoms with Crippen LogP contribution in [0.3, 0.4) is 0 Å². The van der Waals surface area contributed by atoms with Crippen LogP contribution in [0.1, 0.15) is 41.4 Å². The van der Waals surface area contributed by atoms with Gasteiger partial charge < -0.3 is 30.2 Å². The number of anilines is 3. The number of carboxylic acid groups (broad SMARTS) is 1. The predicted molar refractivity (Wildman–Crippen MR) is 335 cm³/mol. The monoisotopic (exact) mass is 1280 g/mol. The van der Waals surface area contributed by atoms with Gasteiger partial charge in [-0.3, -0.25) is 30.0 Å². The van der Waals surface area contributed by atoms with Gasteiger partial charge in [0.25, 0.3) is 17.1 Å².